The summed E-state index contributed by atoms with van der Waals surface area (Å²) in [5, 5.41) is 35.4. The first-order valence-electron chi connectivity index (χ1n) is 11.8. The van der Waals surface area contributed by atoms with Gasteiger partial charge in [-0.1, -0.05) is 0 Å². The van der Waals surface area contributed by atoms with Gasteiger partial charge < -0.3 is 15.2 Å². The molecule has 1 aliphatic rings. The third-order valence-electron chi connectivity index (χ3n) is 6.28. The number of aryl methyl sites for hydroxylation is 2. The second kappa shape index (κ2) is 9.09. The second-order valence-corrected chi connectivity index (χ2v) is 8.99. The average Bonchev–Trinajstić information content (AvgIpc) is 3.63. The van der Waals surface area contributed by atoms with E-state index in [0.717, 1.165) is 33.7 Å². The van der Waals surface area contributed by atoms with E-state index >= 15 is 0 Å². The van der Waals surface area contributed by atoms with E-state index in [0.29, 0.717) is 29.6 Å². The van der Waals surface area contributed by atoms with Crippen molar-refractivity contribution in [3.63, 3.8) is 0 Å². The van der Waals surface area contributed by atoms with E-state index in [9.17, 15) is 10.4 Å². The highest BCUT2D eigenvalue weighted by molar-refractivity contribution is 5.82. The number of nitrogens with one attached hydrogen (secondary N) is 1. The fraction of sp³-hybridized carbons (Fsp3) is 0.231. The highest BCUT2D eigenvalue weighted by Gasteiger charge is 2.29. The summed E-state index contributed by atoms with van der Waals surface area (Å²) in [6, 6.07) is 17.2. The van der Waals surface area contributed by atoms with Crippen molar-refractivity contribution in [1.29, 1.82) is 5.26 Å². The number of aliphatic hydroxyl groups is 1. The van der Waals surface area contributed by atoms with Crippen molar-refractivity contribution in [2.45, 2.75) is 32.5 Å². The maximum absolute atomic E-state index is 10.0. The summed E-state index contributed by atoms with van der Waals surface area (Å²) in [7, 11) is 0. The second-order valence-electron chi connectivity index (χ2n) is 8.99. The molecule has 0 saturated carbocycles. The Morgan fingerprint density at radius 2 is 2.00 bits per heavy atom. The van der Waals surface area contributed by atoms with Crippen molar-refractivity contribution in [3.8, 4) is 17.7 Å². The summed E-state index contributed by atoms with van der Waals surface area (Å²) < 4.78 is 9.37. The van der Waals surface area contributed by atoms with Gasteiger partial charge in [-0.05, 0) is 62.4 Å². The van der Waals surface area contributed by atoms with Crippen LogP contribution < -0.4 is 5.32 Å². The Labute approximate surface area is 212 Å². The standard InChI is InChI=1S/C26H23N9O2/c1-15-3-7-24(32-31-15)29-17-4-6-21-22(10-17)34(14-28-21)25-8-5-20(23-11-19(36)13-37-23)26(30-25)35-16(2)9-18(12-27)33-35/h3-10,14,19,23,36H,11,13H2,1-2H3,(H,29,32)/t19-,23+/m1/s1. The van der Waals surface area contributed by atoms with Crippen molar-refractivity contribution in [2.75, 3.05) is 11.9 Å². The lowest BCUT2D eigenvalue weighted by molar-refractivity contribution is 0.0886. The molecule has 0 unspecified atom stereocenters. The molecular formula is C26H23N9O2. The molecule has 0 radical (unpaired) electrons. The number of benzene rings is 1. The molecule has 5 heterocycles. The Hall–Kier alpha value is -4.66. The van der Waals surface area contributed by atoms with Crippen LogP contribution in [0, 0.1) is 25.2 Å². The topological polar surface area (TPSA) is 140 Å². The predicted molar refractivity (Wildman–Crippen MR) is 135 cm³/mol. The zero-order valence-corrected chi connectivity index (χ0v) is 20.2. The molecule has 1 aromatic carbocycles. The number of nitriles is 1. The number of pyridine rings is 1. The zero-order chi connectivity index (χ0) is 25.5. The predicted octanol–water partition coefficient (Wildman–Crippen LogP) is 3.45. The molecule has 0 aliphatic carbocycles. The van der Waals surface area contributed by atoms with Crippen LogP contribution in [-0.4, -0.2) is 52.3 Å². The highest BCUT2D eigenvalue weighted by atomic mass is 16.5. The van der Waals surface area contributed by atoms with Gasteiger partial charge in [0.05, 0.1) is 35.5 Å². The quantitative estimate of drug-likeness (QED) is 0.377. The van der Waals surface area contributed by atoms with Crippen molar-refractivity contribution in [2.24, 2.45) is 0 Å². The van der Waals surface area contributed by atoms with E-state index in [1.54, 1.807) is 17.1 Å². The largest absolute Gasteiger partial charge is 0.391 e. The van der Waals surface area contributed by atoms with E-state index in [-0.39, 0.29) is 12.7 Å². The monoisotopic (exact) mass is 493 g/mol. The highest BCUT2D eigenvalue weighted by Crippen LogP contribution is 2.33. The number of ether oxygens (including phenoxy) is 1. The Balaban J connectivity index is 1.44. The van der Waals surface area contributed by atoms with E-state index < -0.39 is 6.10 Å². The maximum Gasteiger partial charge on any atom is 0.163 e. The molecule has 11 heteroatoms. The van der Waals surface area contributed by atoms with E-state index in [2.05, 4.69) is 31.7 Å². The molecule has 37 heavy (non-hydrogen) atoms. The van der Waals surface area contributed by atoms with Crippen molar-refractivity contribution < 1.29 is 9.84 Å². The number of hydrogen-bond acceptors (Lipinski definition) is 9. The van der Waals surface area contributed by atoms with Gasteiger partial charge in [0, 0.05) is 23.4 Å². The fourth-order valence-corrected chi connectivity index (χ4v) is 4.46. The van der Waals surface area contributed by atoms with Crippen LogP contribution in [0.5, 0.6) is 0 Å². The molecule has 184 valence electrons. The van der Waals surface area contributed by atoms with Crippen molar-refractivity contribution in [3.05, 3.63) is 77.5 Å². The first kappa shape index (κ1) is 22.8. The normalized spacial score (nSPS) is 17.2. The summed E-state index contributed by atoms with van der Waals surface area (Å²) in [5.74, 6) is 1.81. The molecule has 4 aromatic heterocycles. The number of nitrogens with zero attached hydrogens (tertiary/aromatic N) is 8. The van der Waals surface area contributed by atoms with Crippen LogP contribution in [0.25, 0.3) is 22.7 Å². The number of hydrogen-bond donors (Lipinski definition) is 2. The van der Waals surface area contributed by atoms with Crippen LogP contribution in [0.3, 0.4) is 0 Å². The average molecular weight is 494 g/mol. The van der Waals surface area contributed by atoms with Gasteiger partial charge in [-0.2, -0.15) is 15.5 Å². The zero-order valence-electron chi connectivity index (χ0n) is 20.2. The maximum atomic E-state index is 10.0. The number of anilines is 2. The number of aromatic nitrogens is 7. The summed E-state index contributed by atoms with van der Waals surface area (Å²) >= 11 is 0. The van der Waals surface area contributed by atoms with Crippen LogP contribution in [0.4, 0.5) is 11.5 Å². The van der Waals surface area contributed by atoms with Crippen molar-refractivity contribution >= 4 is 22.5 Å². The smallest absolute Gasteiger partial charge is 0.163 e. The van der Waals surface area contributed by atoms with Crippen LogP contribution in [0.2, 0.25) is 0 Å². The SMILES string of the molecule is Cc1ccc(Nc2ccc3ncn(-c4ccc([C@@H]5C[C@@H](O)CO5)c(-n5nc(C#N)cc5C)n4)c3c2)nn1. The van der Waals surface area contributed by atoms with E-state index in [4.69, 9.17) is 9.72 Å². The number of fused-ring (bicyclic) bond motifs is 1. The van der Waals surface area contributed by atoms with Crippen LogP contribution in [-0.2, 0) is 4.74 Å². The molecule has 1 fully saturated rings. The fourth-order valence-electron chi connectivity index (χ4n) is 4.46. The van der Waals surface area contributed by atoms with Gasteiger partial charge in [-0.3, -0.25) is 4.57 Å². The molecule has 5 aromatic rings. The number of aliphatic hydroxyl groups excluding tert-OH is 1. The third-order valence-corrected chi connectivity index (χ3v) is 6.28. The molecule has 6 rings (SSSR count). The van der Waals surface area contributed by atoms with Crippen molar-refractivity contribution in [1.82, 2.24) is 34.5 Å². The lowest BCUT2D eigenvalue weighted by Crippen LogP contribution is -2.12. The van der Waals surface area contributed by atoms with Gasteiger partial charge in [-0.15, -0.1) is 5.10 Å². The van der Waals surface area contributed by atoms with Gasteiger partial charge in [0.2, 0.25) is 0 Å². The lowest BCUT2D eigenvalue weighted by Gasteiger charge is -2.17. The Kier molecular flexibility index (Phi) is 5.60. The molecule has 0 spiro atoms. The molecule has 0 bridgehead atoms. The van der Waals surface area contributed by atoms with Gasteiger partial charge in [0.15, 0.2) is 17.3 Å². The van der Waals surface area contributed by atoms with Gasteiger partial charge in [-0.25, -0.2) is 14.6 Å². The van der Waals surface area contributed by atoms with Gasteiger partial charge >= 0.3 is 0 Å². The first-order chi connectivity index (χ1) is 18.0. The summed E-state index contributed by atoms with van der Waals surface area (Å²) in [5.41, 5.74) is 5.18. The first-order valence-corrected chi connectivity index (χ1v) is 11.8. The number of imidazole rings is 1. The van der Waals surface area contributed by atoms with Gasteiger partial charge in [0.1, 0.15) is 18.2 Å². The van der Waals surface area contributed by atoms with Gasteiger partial charge in [0.25, 0.3) is 0 Å². The minimum Gasteiger partial charge on any atom is -0.391 e. The minimum atomic E-state index is -0.535. The van der Waals surface area contributed by atoms with E-state index in [1.807, 2.05) is 60.9 Å². The minimum absolute atomic E-state index is 0.265. The van der Waals surface area contributed by atoms with E-state index in [1.165, 1.54) is 0 Å². The molecular weight excluding hydrogens is 470 g/mol. The molecule has 0 amide bonds. The van der Waals surface area contributed by atoms with Crippen LogP contribution in [0.15, 0.2) is 54.9 Å². The van der Waals surface area contributed by atoms with Crippen LogP contribution >= 0.6 is 0 Å². The molecule has 1 saturated heterocycles. The summed E-state index contributed by atoms with van der Waals surface area (Å²) in [6.07, 6.45) is 1.32. The molecule has 11 nitrogen and oxygen atoms in total. The molecule has 2 N–H and O–H groups in total. The summed E-state index contributed by atoms with van der Waals surface area (Å²) in [6.45, 7) is 4.02. The lowest BCUT2D eigenvalue weighted by atomic mass is 10.1. The number of rotatable bonds is 5. The van der Waals surface area contributed by atoms with Crippen LogP contribution in [0.1, 0.15) is 35.2 Å². The third kappa shape index (κ3) is 4.29. The Morgan fingerprint density at radius 3 is 2.73 bits per heavy atom. The Morgan fingerprint density at radius 1 is 1.11 bits per heavy atom. The summed E-state index contributed by atoms with van der Waals surface area (Å²) in [4.78, 5) is 9.49. The molecule has 2 atom stereocenters. The Bertz CT molecular complexity index is 1650. The molecule has 1 aliphatic heterocycles.